The summed E-state index contributed by atoms with van der Waals surface area (Å²) < 4.78 is 2.09. The highest BCUT2D eigenvalue weighted by atomic mass is 32.2. The van der Waals surface area contributed by atoms with Crippen molar-refractivity contribution in [2.45, 2.75) is 38.4 Å². The van der Waals surface area contributed by atoms with Gasteiger partial charge in [-0.2, -0.15) is 0 Å². The fraction of sp³-hybridized carbons (Fsp3) is 0.304. The number of aryl methyl sites for hydroxylation is 1. The van der Waals surface area contributed by atoms with Crippen LogP contribution in [0, 0.1) is 6.92 Å². The number of rotatable bonds is 7. The van der Waals surface area contributed by atoms with Crippen LogP contribution in [0.15, 0.2) is 47.6 Å². The van der Waals surface area contributed by atoms with E-state index in [-0.39, 0.29) is 17.4 Å². The summed E-state index contributed by atoms with van der Waals surface area (Å²) in [6.07, 6.45) is 1.30. The minimum atomic E-state index is 0.0213. The zero-order valence-corrected chi connectivity index (χ0v) is 18.2. The van der Waals surface area contributed by atoms with Gasteiger partial charge < -0.3 is 9.47 Å². The van der Waals surface area contributed by atoms with E-state index in [2.05, 4.69) is 40.7 Å². The number of carbonyl (C=O) groups excluding carboxylic acids is 2. The van der Waals surface area contributed by atoms with Crippen molar-refractivity contribution in [3.63, 3.8) is 0 Å². The van der Waals surface area contributed by atoms with E-state index < -0.39 is 0 Å². The molecule has 0 N–H and O–H groups in total. The number of carbonyl (C=O) groups is 2. The van der Waals surface area contributed by atoms with Gasteiger partial charge in [-0.3, -0.25) is 9.59 Å². The fourth-order valence-corrected chi connectivity index (χ4v) is 4.53. The molecule has 0 atom stereocenters. The highest BCUT2D eigenvalue weighted by Gasteiger charge is 2.25. The zero-order chi connectivity index (χ0) is 21.3. The minimum Gasteiger partial charge on any atom is -0.315 e. The quantitative estimate of drug-likeness (QED) is 0.424. The number of fused-ring (bicyclic) bond motifs is 1. The van der Waals surface area contributed by atoms with Crippen LogP contribution in [0.5, 0.6) is 0 Å². The average Bonchev–Trinajstić information content (AvgIpc) is 3.26. The number of benzene rings is 2. The Hall–Kier alpha value is -2.93. The molecule has 30 heavy (non-hydrogen) atoms. The van der Waals surface area contributed by atoms with Crippen molar-refractivity contribution in [1.82, 2.24) is 14.8 Å². The molecule has 1 aliphatic heterocycles. The summed E-state index contributed by atoms with van der Waals surface area (Å²) >= 11 is 1.41. The van der Waals surface area contributed by atoms with Gasteiger partial charge in [-0.25, -0.2) is 0 Å². The minimum absolute atomic E-state index is 0.0213. The van der Waals surface area contributed by atoms with Crippen LogP contribution in [0.25, 0.3) is 11.4 Å². The van der Waals surface area contributed by atoms with Gasteiger partial charge in [0.05, 0.1) is 12.2 Å². The van der Waals surface area contributed by atoms with E-state index >= 15 is 0 Å². The number of nitrogens with zero attached hydrogens (tertiary/aromatic N) is 4. The molecule has 0 fully saturated rings. The molecular weight excluding hydrogens is 396 g/mol. The molecule has 6 nitrogen and oxygen atoms in total. The van der Waals surface area contributed by atoms with Crippen LogP contribution in [0.3, 0.4) is 0 Å². The summed E-state index contributed by atoms with van der Waals surface area (Å²) in [5, 5.41) is 9.50. The Balaban J connectivity index is 1.52. The molecule has 4 rings (SSSR count). The number of amides is 1. The zero-order valence-electron chi connectivity index (χ0n) is 17.4. The van der Waals surface area contributed by atoms with Gasteiger partial charge in [0.2, 0.25) is 5.91 Å². The second-order valence-corrected chi connectivity index (χ2v) is 8.45. The third-order valence-electron chi connectivity index (χ3n) is 5.25. The van der Waals surface area contributed by atoms with Crippen molar-refractivity contribution in [2.75, 3.05) is 17.7 Å². The third kappa shape index (κ3) is 3.89. The molecule has 7 heteroatoms. The molecule has 154 valence electrons. The molecule has 0 bridgehead atoms. The molecule has 3 aromatic rings. The number of hydrogen-bond donors (Lipinski definition) is 0. The van der Waals surface area contributed by atoms with Crippen molar-refractivity contribution in [1.29, 1.82) is 0 Å². The summed E-state index contributed by atoms with van der Waals surface area (Å²) in [5.41, 5.74) is 4.62. The van der Waals surface area contributed by atoms with Crippen molar-refractivity contribution < 1.29 is 9.59 Å². The van der Waals surface area contributed by atoms with Gasteiger partial charge in [-0.15, -0.1) is 10.2 Å². The van der Waals surface area contributed by atoms with Crippen LogP contribution >= 0.6 is 11.8 Å². The summed E-state index contributed by atoms with van der Waals surface area (Å²) in [7, 11) is 1.76. The molecule has 2 aromatic carbocycles. The molecule has 1 amide bonds. The lowest BCUT2D eigenvalue weighted by molar-refractivity contribution is -0.117. The van der Waals surface area contributed by atoms with Gasteiger partial charge in [0.25, 0.3) is 0 Å². The predicted octanol–water partition coefficient (Wildman–Crippen LogP) is 4.16. The number of anilines is 1. The summed E-state index contributed by atoms with van der Waals surface area (Å²) in [6, 6.07) is 13.7. The number of thioether (sulfide) groups is 1. The smallest absolute Gasteiger partial charge is 0.231 e. The number of hydrogen-bond acceptors (Lipinski definition) is 5. The molecule has 0 spiro atoms. The van der Waals surface area contributed by atoms with Crippen LogP contribution in [-0.4, -0.2) is 39.3 Å². The maximum atomic E-state index is 12.8. The number of aromatic nitrogens is 3. The molecular formula is C23H24N4O2S. The van der Waals surface area contributed by atoms with E-state index in [9.17, 15) is 9.59 Å². The molecule has 0 aliphatic carbocycles. The Labute approximate surface area is 180 Å². The molecule has 0 saturated heterocycles. The summed E-state index contributed by atoms with van der Waals surface area (Å²) in [6.45, 7) is 4.96. The van der Waals surface area contributed by atoms with Gasteiger partial charge in [-0.1, -0.05) is 42.4 Å². The Morgan fingerprint density at radius 3 is 2.77 bits per heavy atom. The van der Waals surface area contributed by atoms with E-state index in [0.29, 0.717) is 12.0 Å². The maximum absolute atomic E-state index is 12.8. The molecule has 1 aliphatic rings. The summed E-state index contributed by atoms with van der Waals surface area (Å²) in [4.78, 5) is 26.3. The Kier molecular flexibility index (Phi) is 5.72. The van der Waals surface area contributed by atoms with E-state index in [4.69, 9.17) is 0 Å². The third-order valence-corrected chi connectivity index (χ3v) is 6.22. The second-order valence-electron chi connectivity index (χ2n) is 7.51. The van der Waals surface area contributed by atoms with Crippen molar-refractivity contribution in [2.24, 2.45) is 0 Å². The van der Waals surface area contributed by atoms with E-state index in [1.165, 1.54) is 17.3 Å². The van der Waals surface area contributed by atoms with Gasteiger partial charge in [0.15, 0.2) is 16.8 Å². The molecule has 2 heterocycles. The predicted molar refractivity (Wildman–Crippen MR) is 119 cm³/mol. The van der Waals surface area contributed by atoms with Crippen molar-refractivity contribution in [3.8, 4) is 11.4 Å². The number of ketones is 1. The standard InChI is InChI=1S/C23H24N4O2S/c1-4-10-27-22(17-7-5-6-15(2)11-17)24-25-23(27)30-14-20(28)16-8-9-19-18(12-16)13-21(29)26(19)3/h5-9,11-12H,4,10,13-14H2,1-3H3. The SMILES string of the molecule is CCCn1c(SCC(=O)c2ccc3c(c2)CC(=O)N3C)nnc1-c1cccc(C)c1. The van der Waals surface area contributed by atoms with E-state index in [1.807, 2.05) is 24.3 Å². The van der Waals surface area contributed by atoms with Crippen LogP contribution < -0.4 is 4.90 Å². The Morgan fingerprint density at radius 2 is 2.00 bits per heavy atom. The highest BCUT2D eigenvalue weighted by Crippen LogP contribution is 2.30. The van der Waals surface area contributed by atoms with Crippen LogP contribution in [0.2, 0.25) is 0 Å². The Bertz CT molecular complexity index is 1120. The summed E-state index contributed by atoms with van der Waals surface area (Å²) in [5.74, 6) is 1.18. The first-order valence-electron chi connectivity index (χ1n) is 10.0. The van der Waals surface area contributed by atoms with Crippen LogP contribution in [0.1, 0.15) is 34.8 Å². The normalized spacial score (nSPS) is 13.0. The molecule has 1 aromatic heterocycles. The van der Waals surface area contributed by atoms with Gasteiger partial charge in [0.1, 0.15) is 0 Å². The second kappa shape index (κ2) is 8.44. The maximum Gasteiger partial charge on any atom is 0.231 e. The monoisotopic (exact) mass is 420 g/mol. The molecule has 0 radical (unpaired) electrons. The average molecular weight is 421 g/mol. The van der Waals surface area contributed by atoms with Crippen LogP contribution in [0.4, 0.5) is 5.69 Å². The molecule has 0 saturated carbocycles. The lowest BCUT2D eigenvalue weighted by atomic mass is 10.1. The Morgan fingerprint density at radius 1 is 1.17 bits per heavy atom. The highest BCUT2D eigenvalue weighted by molar-refractivity contribution is 7.99. The first kappa shape index (κ1) is 20.3. The van der Waals surface area contributed by atoms with Gasteiger partial charge >= 0.3 is 0 Å². The lowest BCUT2D eigenvalue weighted by Gasteiger charge is -2.11. The largest absolute Gasteiger partial charge is 0.315 e. The van der Waals surface area contributed by atoms with Gasteiger partial charge in [0, 0.05) is 30.4 Å². The van der Waals surface area contributed by atoms with E-state index in [1.54, 1.807) is 18.0 Å². The fourth-order valence-electron chi connectivity index (χ4n) is 3.68. The number of likely N-dealkylation sites (N-methyl/N-ethyl adjacent to an activating group) is 1. The number of Topliss-reactive ketones (excluding diaryl/α,β-unsaturated/α-hetero) is 1. The lowest BCUT2D eigenvalue weighted by Crippen LogP contribution is -2.20. The van der Waals surface area contributed by atoms with Crippen LogP contribution in [-0.2, 0) is 17.8 Å². The topological polar surface area (TPSA) is 68.1 Å². The first-order chi connectivity index (χ1) is 14.5. The molecule has 0 unspecified atom stereocenters. The first-order valence-corrected chi connectivity index (χ1v) is 11.0. The van der Waals surface area contributed by atoms with E-state index in [0.717, 1.165) is 40.8 Å². The van der Waals surface area contributed by atoms with Crippen molar-refractivity contribution in [3.05, 3.63) is 59.2 Å². The van der Waals surface area contributed by atoms with Gasteiger partial charge in [-0.05, 0) is 43.2 Å². The van der Waals surface area contributed by atoms with Crippen molar-refractivity contribution >= 4 is 29.1 Å².